The second kappa shape index (κ2) is 6.89. The second-order valence-corrected chi connectivity index (χ2v) is 6.12. The Morgan fingerprint density at radius 2 is 2.08 bits per heavy atom. The molecule has 3 rings (SSSR count). The van der Waals surface area contributed by atoms with Crippen molar-refractivity contribution in [1.82, 2.24) is 0 Å². The van der Waals surface area contributed by atoms with Gasteiger partial charge >= 0.3 is 5.97 Å². The van der Waals surface area contributed by atoms with Crippen molar-refractivity contribution < 1.29 is 19.2 Å². The lowest BCUT2D eigenvalue weighted by atomic mass is 10.2. The van der Waals surface area contributed by atoms with E-state index in [-0.39, 0.29) is 24.5 Å². The maximum Gasteiger partial charge on any atom is 0.331 e. The van der Waals surface area contributed by atoms with E-state index in [1.165, 1.54) is 18.2 Å². The van der Waals surface area contributed by atoms with E-state index in [4.69, 9.17) is 4.74 Å². The van der Waals surface area contributed by atoms with Crippen LogP contribution in [-0.4, -0.2) is 29.9 Å². The van der Waals surface area contributed by atoms with E-state index >= 15 is 0 Å². The van der Waals surface area contributed by atoms with Crippen LogP contribution in [-0.2, 0) is 9.59 Å². The molecule has 2 aromatic rings. The number of nitrogens with zero attached hydrogens (tertiary/aromatic N) is 2. The zero-order valence-electron chi connectivity index (χ0n) is 12.8. The fraction of sp³-hybridized carbons (Fsp3) is 0.125. The number of hydrogen-bond acceptors (Lipinski definition) is 6. The Balaban J connectivity index is 1.77. The predicted molar refractivity (Wildman–Crippen MR) is 93.7 cm³/mol. The number of esters is 1. The smallest absolute Gasteiger partial charge is 0.331 e. The first-order chi connectivity index (χ1) is 11.9. The largest absolute Gasteiger partial charge is 0.423 e. The average Bonchev–Trinajstić information content (AvgIpc) is 2.56. The van der Waals surface area contributed by atoms with E-state index in [0.717, 1.165) is 0 Å². The van der Waals surface area contributed by atoms with Crippen molar-refractivity contribution in [3.05, 3.63) is 57.1 Å². The third-order valence-corrected chi connectivity index (χ3v) is 4.21. The van der Waals surface area contributed by atoms with Crippen LogP contribution in [0.25, 0.3) is 0 Å². The first-order valence-electron chi connectivity index (χ1n) is 7.22. The minimum absolute atomic E-state index is 0.0550. The Kier molecular flexibility index (Phi) is 4.66. The Hall–Kier alpha value is -2.94. The Labute approximate surface area is 150 Å². The quantitative estimate of drug-likeness (QED) is 0.363. The van der Waals surface area contributed by atoms with Gasteiger partial charge < -0.3 is 15.0 Å². The van der Waals surface area contributed by atoms with Gasteiger partial charge in [-0.25, -0.2) is 4.79 Å². The number of rotatable bonds is 4. The number of anilines is 2. The number of non-ortho nitro benzene ring substituents is 1. The Morgan fingerprint density at radius 3 is 2.84 bits per heavy atom. The van der Waals surface area contributed by atoms with Gasteiger partial charge in [-0.3, -0.25) is 14.9 Å². The fourth-order valence-corrected chi connectivity index (χ4v) is 2.77. The molecule has 1 N–H and O–H groups in total. The molecule has 0 radical (unpaired) electrons. The molecular formula is C16H12BrN3O5. The summed E-state index contributed by atoms with van der Waals surface area (Å²) in [6.07, 6.45) is 0. The van der Waals surface area contributed by atoms with Crippen molar-refractivity contribution in [3.8, 4) is 5.75 Å². The summed E-state index contributed by atoms with van der Waals surface area (Å²) in [6.45, 7) is -0.151. The van der Waals surface area contributed by atoms with E-state index in [2.05, 4.69) is 21.2 Å². The van der Waals surface area contributed by atoms with Gasteiger partial charge in [0.05, 0.1) is 22.8 Å². The number of hydrogen-bond donors (Lipinski definition) is 1. The summed E-state index contributed by atoms with van der Waals surface area (Å²) < 4.78 is 5.65. The summed E-state index contributed by atoms with van der Waals surface area (Å²) in [5, 5.41) is 13.5. The zero-order chi connectivity index (χ0) is 18.0. The first-order valence-corrected chi connectivity index (χ1v) is 8.02. The van der Waals surface area contributed by atoms with Crippen LogP contribution in [0.3, 0.4) is 0 Å². The summed E-state index contributed by atoms with van der Waals surface area (Å²) in [5.41, 5.74) is 0.785. The lowest BCUT2D eigenvalue weighted by Gasteiger charge is -2.29. The minimum atomic E-state index is -0.543. The summed E-state index contributed by atoms with van der Waals surface area (Å²) in [4.78, 5) is 35.9. The molecule has 1 aliphatic heterocycles. The molecule has 0 unspecified atom stereocenters. The summed E-state index contributed by atoms with van der Waals surface area (Å²) in [7, 11) is 0. The van der Waals surface area contributed by atoms with Crippen molar-refractivity contribution >= 4 is 44.9 Å². The molecule has 0 aromatic heterocycles. The van der Waals surface area contributed by atoms with Gasteiger partial charge in [-0.05, 0) is 34.1 Å². The molecular weight excluding hydrogens is 394 g/mol. The molecule has 1 amide bonds. The van der Waals surface area contributed by atoms with Gasteiger partial charge in [-0.1, -0.05) is 12.1 Å². The molecule has 0 spiro atoms. The van der Waals surface area contributed by atoms with Gasteiger partial charge in [0, 0.05) is 16.6 Å². The molecule has 0 fully saturated rings. The van der Waals surface area contributed by atoms with E-state index < -0.39 is 16.8 Å². The highest BCUT2D eigenvalue weighted by atomic mass is 79.9. The Bertz CT molecular complexity index is 871. The highest BCUT2D eigenvalue weighted by molar-refractivity contribution is 9.10. The van der Waals surface area contributed by atoms with Crippen LogP contribution in [0.5, 0.6) is 5.75 Å². The van der Waals surface area contributed by atoms with Gasteiger partial charge in [-0.15, -0.1) is 0 Å². The molecule has 9 heteroatoms. The normalized spacial score (nSPS) is 13.0. The number of fused-ring (bicyclic) bond motifs is 1. The lowest BCUT2D eigenvalue weighted by Crippen LogP contribution is -2.41. The van der Waals surface area contributed by atoms with Crippen LogP contribution in [0.2, 0.25) is 0 Å². The van der Waals surface area contributed by atoms with Crippen LogP contribution in [0.4, 0.5) is 17.1 Å². The Morgan fingerprint density at radius 1 is 1.32 bits per heavy atom. The average molecular weight is 406 g/mol. The maximum atomic E-state index is 12.3. The van der Waals surface area contributed by atoms with Crippen molar-refractivity contribution in [2.75, 3.05) is 23.3 Å². The number of halogens is 1. The molecule has 0 atom stereocenters. The summed E-state index contributed by atoms with van der Waals surface area (Å²) >= 11 is 3.24. The number of carbonyl (C=O) groups excluding carboxylic acids is 2. The molecule has 2 aromatic carbocycles. The van der Waals surface area contributed by atoms with Gasteiger partial charge in [0.15, 0.2) is 5.75 Å². The number of benzene rings is 2. The van der Waals surface area contributed by atoms with Crippen LogP contribution < -0.4 is 15.0 Å². The summed E-state index contributed by atoms with van der Waals surface area (Å²) in [5.74, 6) is -0.475. The van der Waals surface area contributed by atoms with Crippen molar-refractivity contribution in [3.63, 3.8) is 0 Å². The van der Waals surface area contributed by atoms with Crippen LogP contribution in [0.1, 0.15) is 0 Å². The molecule has 8 nitrogen and oxygen atoms in total. The number of nitrogens with one attached hydrogen (secondary N) is 1. The molecule has 0 bridgehead atoms. The highest BCUT2D eigenvalue weighted by Crippen LogP contribution is 2.31. The van der Waals surface area contributed by atoms with E-state index in [1.807, 2.05) is 0 Å². The van der Waals surface area contributed by atoms with E-state index in [1.54, 1.807) is 29.2 Å². The molecule has 0 aliphatic carbocycles. The van der Waals surface area contributed by atoms with Crippen molar-refractivity contribution in [2.45, 2.75) is 0 Å². The third-order valence-electron chi connectivity index (χ3n) is 3.52. The number of ether oxygens (including phenoxy) is 1. The van der Waals surface area contributed by atoms with Crippen molar-refractivity contribution in [2.24, 2.45) is 0 Å². The fourth-order valence-electron chi connectivity index (χ4n) is 2.43. The number of nitro benzene ring substituents is 1. The molecule has 1 aliphatic rings. The maximum absolute atomic E-state index is 12.3. The molecule has 25 heavy (non-hydrogen) atoms. The predicted octanol–water partition coefficient (Wildman–Crippen LogP) is 2.72. The van der Waals surface area contributed by atoms with Crippen LogP contribution in [0, 0.1) is 10.1 Å². The van der Waals surface area contributed by atoms with Crippen molar-refractivity contribution in [1.29, 1.82) is 0 Å². The minimum Gasteiger partial charge on any atom is -0.423 e. The monoisotopic (exact) mass is 405 g/mol. The number of carbonyl (C=O) groups is 2. The number of para-hydroxylation sites is 2. The van der Waals surface area contributed by atoms with Crippen LogP contribution >= 0.6 is 15.9 Å². The third kappa shape index (κ3) is 3.77. The standard InChI is InChI=1S/C16H12BrN3O5/c17-11-6-5-10(20(23)24)7-12(11)18-15(21)8-19-9-16(22)25-14-4-2-1-3-13(14)19/h1-7H,8-9H2,(H,18,21). The first kappa shape index (κ1) is 16.9. The van der Waals surface area contributed by atoms with Crippen LogP contribution in [0.15, 0.2) is 46.9 Å². The SMILES string of the molecule is O=C(CN1CC(=O)Oc2ccccc21)Nc1cc([N+](=O)[O-])ccc1Br. The molecule has 1 heterocycles. The van der Waals surface area contributed by atoms with Gasteiger partial charge in [-0.2, -0.15) is 0 Å². The number of nitro groups is 1. The number of amides is 1. The molecule has 0 saturated carbocycles. The lowest BCUT2D eigenvalue weighted by molar-refractivity contribution is -0.384. The molecule has 0 saturated heterocycles. The molecule has 128 valence electrons. The van der Waals surface area contributed by atoms with E-state index in [0.29, 0.717) is 15.9 Å². The van der Waals surface area contributed by atoms with Gasteiger partial charge in [0.2, 0.25) is 5.91 Å². The zero-order valence-corrected chi connectivity index (χ0v) is 14.4. The highest BCUT2D eigenvalue weighted by Gasteiger charge is 2.25. The van der Waals surface area contributed by atoms with Gasteiger partial charge in [0.25, 0.3) is 5.69 Å². The van der Waals surface area contributed by atoms with Gasteiger partial charge in [0.1, 0.15) is 6.54 Å². The second-order valence-electron chi connectivity index (χ2n) is 5.27. The van der Waals surface area contributed by atoms with E-state index in [9.17, 15) is 19.7 Å². The topological polar surface area (TPSA) is 102 Å². The summed E-state index contributed by atoms with van der Waals surface area (Å²) in [6, 6.07) is 11.0.